The molecule has 238 valence electrons. The second-order valence-electron chi connectivity index (χ2n) is 12.5. The fraction of sp³-hybridized carbons (Fsp3) is 0. The van der Waals surface area contributed by atoms with Crippen LogP contribution in [0.15, 0.2) is 168 Å². The van der Waals surface area contributed by atoms with Gasteiger partial charge in [0, 0.05) is 49.1 Å². The largest absolute Gasteiger partial charge is 0.456 e. The fourth-order valence-corrected chi connectivity index (χ4v) is 7.48. The lowest BCUT2D eigenvalue weighted by atomic mass is 10.1. The molecule has 0 atom stereocenters. The Hall–Kier alpha value is -7.05. The quantitative estimate of drug-likeness (QED) is 0.189. The van der Waals surface area contributed by atoms with Crippen molar-refractivity contribution in [3.8, 4) is 34.4 Å². The van der Waals surface area contributed by atoms with Crippen LogP contribution in [0.2, 0.25) is 0 Å². The highest BCUT2D eigenvalue weighted by atomic mass is 16.3. The number of benzene rings is 7. The Bertz CT molecular complexity index is 3410. The Kier molecular flexibility index (Phi) is 4.91. The number of fused-ring (bicyclic) bond motifs is 10. The molecule has 11 rings (SSSR count). The van der Waals surface area contributed by atoms with Gasteiger partial charge in [0.25, 0.3) is 0 Å². The summed E-state index contributed by atoms with van der Waals surface area (Å²) in [4.78, 5) is 14.8. The predicted octanol–water partition coefficient (Wildman–Crippen LogP) is 11.3. The molecule has 0 radical (unpaired) electrons. The molecule has 0 bridgehead atoms. The maximum Gasteiger partial charge on any atom is 0.238 e. The molecular formula is C45H27N5O. The van der Waals surface area contributed by atoms with Crippen molar-refractivity contribution in [1.82, 2.24) is 24.1 Å². The van der Waals surface area contributed by atoms with Gasteiger partial charge in [-0.2, -0.15) is 9.97 Å². The monoisotopic (exact) mass is 658 g/mol. The minimum atomic E-state index is -0.486. The Morgan fingerprint density at radius 1 is 0.451 bits per heavy atom. The first-order valence-corrected chi connectivity index (χ1v) is 16.6. The minimum absolute atomic E-state index is 0.0261. The summed E-state index contributed by atoms with van der Waals surface area (Å²) in [6.45, 7) is 0. The van der Waals surface area contributed by atoms with E-state index in [2.05, 4.69) is 53.1 Å². The molecule has 6 nitrogen and oxygen atoms in total. The third kappa shape index (κ3) is 4.14. The van der Waals surface area contributed by atoms with Gasteiger partial charge in [-0.15, -0.1) is 0 Å². The van der Waals surface area contributed by atoms with E-state index in [9.17, 15) is 0 Å². The molecule has 4 heterocycles. The highest BCUT2D eigenvalue weighted by Crippen LogP contribution is 2.42. The molecule has 0 spiro atoms. The Morgan fingerprint density at radius 3 is 1.78 bits per heavy atom. The zero-order valence-corrected chi connectivity index (χ0v) is 26.8. The van der Waals surface area contributed by atoms with Crippen LogP contribution < -0.4 is 0 Å². The van der Waals surface area contributed by atoms with Crippen molar-refractivity contribution in [2.24, 2.45) is 0 Å². The minimum Gasteiger partial charge on any atom is -0.456 e. The van der Waals surface area contributed by atoms with Crippen LogP contribution >= 0.6 is 0 Å². The van der Waals surface area contributed by atoms with E-state index in [1.807, 2.05) is 89.5 Å². The Morgan fingerprint density at radius 2 is 1.04 bits per heavy atom. The van der Waals surface area contributed by atoms with E-state index >= 15 is 0 Å². The molecule has 4 aromatic heterocycles. The summed E-state index contributed by atoms with van der Waals surface area (Å²) < 4.78 is 53.4. The van der Waals surface area contributed by atoms with Gasteiger partial charge >= 0.3 is 0 Å². The number of hydrogen-bond donors (Lipinski definition) is 0. The highest BCUT2D eigenvalue weighted by molar-refractivity contribution is 6.24. The summed E-state index contributed by atoms with van der Waals surface area (Å²) >= 11 is 0. The van der Waals surface area contributed by atoms with E-state index in [0.29, 0.717) is 11.4 Å². The first-order chi connectivity index (χ1) is 27.4. The first-order valence-electron chi connectivity index (χ1n) is 19.1. The maximum atomic E-state index is 8.85. The van der Waals surface area contributed by atoms with Gasteiger partial charge in [0.05, 0.1) is 28.9 Å². The number of nitrogens with zero attached hydrogens (tertiary/aromatic N) is 5. The van der Waals surface area contributed by atoms with E-state index < -0.39 is 18.1 Å². The molecule has 11 aromatic rings. The van der Waals surface area contributed by atoms with Crippen LogP contribution in [0, 0.1) is 0 Å². The van der Waals surface area contributed by atoms with Gasteiger partial charge in [0.2, 0.25) is 5.95 Å². The lowest BCUT2D eigenvalue weighted by molar-refractivity contribution is 0.669. The van der Waals surface area contributed by atoms with Crippen molar-refractivity contribution >= 4 is 65.6 Å². The average Bonchev–Trinajstić information content (AvgIpc) is 3.90. The van der Waals surface area contributed by atoms with Gasteiger partial charge in [-0.05, 0) is 36.4 Å². The van der Waals surface area contributed by atoms with Crippen LogP contribution in [-0.4, -0.2) is 24.1 Å². The molecular weight excluding hydrogens is 627 g/mol. The molecule has 0 aliphatic rings. The Balaban J connectivity index is 1.30. The predicted molar refractivity (Wildman–Crippen MR) is 207 cm³/mol. The van der Waals surface area contributed by atoms with Gasteiger partial charge in [0.15, 0.2) is 11.6 Å². The number of rotatable bonds is 4. The summed E-state index contributed by atoms with van der Waals surface area (Å²) in [7, 11) is 0. The van der Waals surface area contributed by atoms with Gasteiger partial charge < -0.3 is 8.98 Å². The van der Waals surface area contributed by atoms with E-state index in [1.165, 1.54) is 0 Å². The summed E-state index contributed by atoms with van der Waals surface area (Å²) in [6.07, 6.45) is 0. The molecule has 0 amide bonds. The third-order valence-electron chi connectivity index (χ3n) is 9.67. The van der Waals surface area contributed by atoms with Crippen molar-refractivity contribution in [1.29, 1.82) is 0 Å². The second kappa shape index (κ2) is 10.7. The lowest BCUT2D eigenvalue weighted by Gasteiger charge is -2.13. The number of para-hydroxylation sites is 3. The topological polar surface area (TPSA) is 61.7 Å². The highest BCUT2D eigenvalue weighted by Gasteiger charge is 2.23. The normalized spacial score (nSPS) is 13.3. The second-order valence-corrected chi connectivity index (χ2v) is 12.5. The van der Waals surface area contributed by atoms with Crippen molar-refractivity contribution in [3.63, 3.8) is 0 Å². The van der Waals surface area contributed by atoms with Crippen LogP contribution in [-0.2, 0) is 0 Å². The smallest absolute Gasteiger partial charge is 0.238 e. The average molecular weight is 659 g/mol. The zero-order chi connectivity index (χ0) is 37.8. The van der Waals surface area contributed by atoms with Gasteiger partial charge in [0.1, 0.15) is 11.2 Å². The maximum absolute atomic E-state index is 8.85. The number of aromatic nitrogens is 5. The van der Waals surface area contributed by atoms with E-state index in [4.69, 9.17) is 26.2 Å². The lowest BCUT2D eigenvalue weighted by Crippen LogP contribution is -2.07. The number of hydrogen-bond acceptors (Lipinski definition) is 4. The molecule has 0 unspecified atom stereocenters. The molecule has 0 saturated carbocycles. The SMILES string of the molecule is [2H]c1c([2H])c([2H])c(-c2nc(-c3ccccc3)nc(-n3c4ccccc4c4ccc5c6ccccc6n(-c6ccc7oc8ccccc8c7c6)c5c43)n2)c([2H])c1[2H]. The van der Waals surface area contributed by atoms with Gasteiger partial charge in [-0.25, -0.2) is 4.98 Å². The molecule has 0 N–H and O–H groups in total. The fourth-order valence-electron chi connectivity index (χ4n) is 7.48. The van der Waals surface area contributed by atoms with Crippen molar-refractivity contribution in [2.45, 2.75) is 0 Å². The molecule has 0 fully saturated rings. The summed E-state index contributed by atoms with van der Waals surface area (Å²) in [5, 5.41) is 6.07. The summed E-state index contributed by atoms with van der Waals surface area (Å²) in [5.41, 5.74) is 6.77. The molecule has 51 heavy (non-hydrogen) atoms. The summed E-state index contributed by atoms with van der Waals surface area (Å²) in [6, 6.07) is 42.3. The summed E-state index contributed by atoms with van der Waals surface area (Å²) in [5.74, 6) is 0.516. The standard InChI is InChI=1S/C45H27N5O/c1-3-13-28(14-4-1)43-46-44(29-15-5-2-6-16-29)48-45(47-43)50-38-21-11-8-18-32(38)35-25-24-34-31-17-7-10-20-37(31)49(41(34)42(35)50)30-23-26-40-36(27-30)33-19-9-12-22-39(33)51-40/h1-27H/i1D,3D,4D,13D,14D. The molecule has 6 heteroatoms. The van der Waals surface area contributed by atoms with E-state index in [0.717, 1.165) is 71.2 Å². The third-order valence-corrected chi connectivity index (χ3v) is 9.67. The van der Waals surface area contributed by atoms with Crippen molar-refractivity contribution < 1.29 is 11.3 Å². The van der Waals surface area contributed by atoms with Crippen LogP contribution in [0.5, 0.6) is 0 Å². The van der Waals surface area contributed by atoms with E-state index in [1.54, 1.807) is 0 Å². The van der Waals surface area contributed by atoms with Crippen LogP contribution in [0.1, 0.15) is 6.85 Å². The van der Waals surface area contributed by atoms with Crippen molar-refractivity contribution in [3.05, 3.63) is 164 Å². The van der Waals surface area contributed by atoms with Crippen LogP contribution in [0.4, 0.5) is 0 Å². The van der Waals surface area contributed by atoms with Crippen molar-refractivity contribution in [2.75, 3.05) is 0 Å². The van der Waals surface area contributed by atoms with Crippen LogP contribution in [0.3, 0.4) is 0 Å². The molecule has 0 aliphatic heterocycles. The Labute approximate surface area is 298 Å². The molecule has 0 saturated heterocycles. The zero-order valence-electron chi connectivity index (χ0n) is 31.8. The van der Waals surface area contributed by atoms with Gasteiger partial charge in [-0.1, -0.05) is 127 Å². The number of furan rings is 1. The van der Waals surface area contributed by atoms with Gasteiger partial charge in [-0.3, -0.25) is 4.57 Å². The molecule has 7 aromatic carbocycles. The van der Waals surface area contributed by atoms with Crippen LogP contribution in [0.25, 0.3) is 100.0 Å². The van der Waals surface area contributed by atoms with E-state index in [-0.39, 0.29) is 29.4 Å². The first kappa shape index (κ1) is 23.3. The molecule has 0 aliphatic carbocycles.